The van der Waals surface area contributed by atoms with E-state index in [-0.39, 0.29) is 17.6 Å². The number of nitrogens with zero attached hydrogens (tertiary/aromatic N) is 1. The summed E-state index contributed by atoms with van der Waals surface area (Å²) in [6.45, 7) is 2.02. The van der Waals surface area contributed by atoms with Gasteiger partial charge in [-0.3, -0.25) is 20.4 Å². The summed E-state index contributed by atoms with van der Waals surface area (Å²) in [5.41, 5.74) is 7.33. The molecule has 0 aliphatic carbocycles. The van der Waals surface area contributed by atoms with Crippen molar-refractivity contribution in [2.75, 3.05) is 5.75 Å². The third-order valence-electron chi connectivity index (χ3n) is 3.60. The van der Waals surface area contributed by atoms with Crippen molar-refractivity contribution < 1.29 is 9.59 Å². The van der Waals surface area contributed by atoms with E-state index < -0.39 is 0 Å². The second-order valence-electron chi connectivity index (χ2n) is 5.45. The first-order valence-electron chi connectivity index (χ1n) is 7.77. The molecule has 3 rings (SSSR count). The lowest BCUT2D eigenvalue weighted by atomic mass is 10.1. The van der Waals surface area contributed by atoms with Gasteiger partial charge in [-0.15, -0.1) is 0 Å². The standard InChI is InChI=1S/C19H17N3O2S/c1-13-11-18(20-16-10-6-5-9-15(13)16)25-12-17(23)21-22-19(24)14-7-3-2-4-8-14/h2-11H,12H2,1H3,(H,21,23)(H,22,24). The zero-order chi connectivity index (χ0) is 17.6. The number of amides is 2. The van der Waals surface area contributed by atoms with Gasteiger partial charge in [0.15, 0.2) is 0 Å². The van der Waals surface area contributed by atoms with Gasteiger partial charge in [0.05, 0.1) is 16.3 Å². The van der Waals surface area contributed by atoms with Crippen molar-refractivity contribution in [3.8, 4) is 0 Å². The number of pyridine rings is 1. The quantitative estimate of drug-likeness (QED) is 0.560. The van der Waals surface area contributed by atoms with Crippen LogP contribution in [0.4, 0.5) is 0 Å². The highest BCUT2D eigenvalue weighted by Crippen LogP contribution is 2.23. The molecule has 1 heterocycles. The van der Waals surface area contributed by atoms with Crippen molar-refractivity contribution in [2.24, 2.45) is 0 Å². The Morgan fingerprint density at radius 1 is 1.00 bits per heavy atom. The fourth-order valence-corrected chi connectivity index (χ4v) is 3.13. The lowest BCUT2D eigenvalue weighted by Crippen LogP contribution is -2.42. The van der Waals surface area contributed by atoms with Crippen molar-refractivity contribution in [3.63, 3.8) is 0 Å². The molecule has 0 spiro atoms. The molecule has 2 amide bonds. The maximum Gasteiger partial charge on any atom is 0.269 e. The summed E-state index contributed by atoms with van der Waals surface area (Å²) >= 11 is 1.33. The number of benzene rings is 2. The Morgan fingerprint density at radius 3 is 2.52 bits per heavy atom. The topological polar surface area (TPSA) is 71.1 Å². The number of para-hydroxylation sites is 1. The van der Waals surface area contributed by atoms with Gasteiger partial charge < -0.3 is 0 Å². The zero-order valence-electron chi connectivity index (χ0n) is 13.7. The fraction of sp³-hybridized carbons (Fsp3) is 0.105. The van der Waals surface area contributed by atoms with Crippen LogP contribution in [0.2, 0.25) is 0 Å². The molecule has 0 bridgehead atoms. The number of hydrogen-bond acceptors (Lipinski definition) is 4. The summed E-state index contributed by atoms with van der Waals surface area (Å²) in [6, 6.07) is 18.6. The third-order valence-corrected chi connectivity index (χ3v) is 4.51. The Balaban J connectivity index is 1.55. The van der Waals surface area contributed by atoms with Crippen molar-refractivity contribution >= 4 is 34.5 Å². The molecule has 0 atom stereocenters. The average Bonchev–Trinajstić information content (AvgIpc) is 2.65. The Morgan fingerprint density at radius 2 is 1.72 bits per heavy atom. The SMILES string of the molecule is Cc1cc(SCC(=O)NNC(=O)c2ccccc2)nc2ccccc12. The van der Waals surface area contributed by atoms with Crippen LogP contribution in [-0.4, -0.2) is 22.6 Å². The number of thioether (sulfide) groups is 1. The van der Waals surface area contributed by atoms with Crippen LogP contribution in [0.5, 0.6) is 0 Å². The minimum absolute atomic E-state index is 0.167. The first-order valence-corrected chi connectivity index (χ1v) is 8.75. The van der Waals surface area contributed by atoms with Crippen LogP contribution in [0.25, 0.3) is 10.9 Å². The minimum atomic E-state index is -0.348. The largest absolute Gasteiger partial charge is 0.272 e. The molecule has 0 fully saturated rings. The monoisotopic (exact) mass is 351 g/mol. The van der Waals surface area contributed by atoms with Crippen molar-refractivity contribution in [2.45, 2.75) is 11.9 Å². The highest BCUT2D eigenvalue weighted by Gasteiger charge is 2.09. The first kappa shape index (κ1) is 17.0. The van der Waals surface area contributed by atoms with Gasteiger partial charge in [0.25, 0.3) is 5.91 Å². The Bertz CT molecular complexity index is 913. The van der Waals surface area contributed by atoms with Crippen LogP contribution in [0.15, 0.2) is 65.7 Å². The number of aromatic nitrogens is 1. The number of nitrogens with one attached hydrogen (secondary N) is 2. The average molecular weight is 351 g/mol. The Labute approximate surface area is 149 Å². The molecule has 0 saturated heterocycles. The van der Waals surface area contributed by atoms with Gasteiger partial charge in [-0.05, 0) is 36.8 Å². The predicted octanol–water partition coefficient (Wildman–Crippen LogP) is 3.10. The van der Waals surface area contributed by atoms with Crippen LogP contribution in [0, 0.1) is 6.92 Å². The van der Waals surface area contributed by atoms with Crippen molar-refractivity contribution in [1.82, 2.24) is 15.8 Å². The van der Waals surface area contributed by atoms with E-state index in [2.05, 4.69) is 15.8 Å². The molecular weight excluding hydrogens is 334 g/mol. The van der Waals surface area contributed by atoms with E-state index in [0.29, 0.717) is 5.56 Å². The molecule has 0 unspecified atom stereocenters. The summed E-state index contributed by atoms with van der Waals surface area (Å²) in [4.78, 5) is 28.3. The second kappa shape index (κ2) is 7.81. The zero-order valence-corrected chi connectivity index (χ0v) is 14.5. The van der Waals surface area contributed by atoms with Crippen LogP contribution >= 0.6 is 11.8 Å². The number of hydrogen-bond donors (Lipinski definition) is 2. The summed E-state index contributed by atoms with van der Waals surface area (Å²) in [5.74, 6) is -0.472. The van der Waals surface area contributed by atoms with E-state index in [4.69, 9.17) is 0 Å². The van der Waals surface area contributed by atoms with Gasteiger partial charge in [-0.1, -0.05) is 48.2 Å². The van der Waals surface area contributed by atoms with Crippen LogP contribution in [0.1, 0.15) is 15.9 Å². The molecule has 0 saturated carbocycles. The summed E-state index contributed by atoms with van der Waals surface area (Å²) in [6.07, 6.45) is 0. The Hall–Kier alpha value is -2.86. The van der Waals surface area contributed by atoms with E-state index in [0.717, 1.165) is 21.5 Å². The van der Waals surface area contributed by atoms with E-state index in [1.807, 2.05) is 43.3 Å². The molecular formula is C19H17N3O2S. The highest BCUT2D eigenvalue weighted by molar-refractivity contribution is 7.99. The van der Waals surface area contributed by atoms with Crippen LogP contribution in [-0.2, 0) is 4.79 Å². The molecule has 2 aromatic carbocycles. The van der Waals surface area contributed by atoms with Gasteiger partial charge in [0.1, 0.15) is 0 Å². The maximum atomic E-state index is 11.9. The molecule has 6 heteroatoms. The summed E-state index contributed by atoms with van der Waals surface area (Å²) < 4.78 is 0. The van der Waals surface area contributed by atoms with Gasteiger partial charge in [-0.25, -0.2) is 4.98 Å². The molecule has 0 aliphatic rings. The molecule has 1 aromatic heterocycles. The number of fused-ring (bicyclic) bond motifs is 1. The molecule has 0 aliphatic heterocycles. The normalized spacial score (nSPS) is 10.4. The Kier molecular flexibility index (Phi) is 5.30. The molecule has 2 N–H and O–H groups in total. The number of aryl methyl sites for hydroxylation is 1. The second-order valence-corrected chi connectivity index (χ2v) is 6.45. The van der Waals surface area contributed by atoms with E-state index in [1.165, 1.54) is 11.8 Å². The van der Waals surface area contributed by atoms with Crippen LogP contribution in [0.3, 0.4) is 0 Å². The molecule has 5 nitrogen and oxygen atoms in total. The summed E-state index contributed by atoms with van der Waals surface area (Å²) in [7, 11) is 0. The number of carbonyl (C=O) groups is 2. The number of carbonyl (C=O) groups excluding carboxylic acids is 2. The highest BCUT2D eigenvalue weighted by atomic mass is 32.2. The van der Waals surface area contributed by atoms with Gasteiger partial charge in [0, 0.05) is 10.9 Å². The van der Waals surface area contributed by atoms with Crippen LogP contribution < -0.4 is 10.9 Å². The molecule has 126 valence electrons. The number of rotatable bonds is 4. The predicted molar refractivity (Wildman–Crippen MR) is 99.3 cm³/mol. The van der Waals surface area contributed by atoms with Crippen molar-refractivity contribution in [1.29, 1.82) is 0 Å². The third kappa shape index (κ3) is 4.36. The molecule has 0 radical (unpaired) electrons. The van der Waals surface area contributed by atoms with E-state index in [1.54, 1.807) is 24.3 Å². The first-order chi connectivity index (χ1) is 12.1. The lowest BCUT2D eigenvalue weighted by molar-refractivity contribution is -0.119. The lowest BCUT2D eigenvalue weighted by Gasteiger charge is -2.08. The van der Waals surface area contributed by atoms with Gasteiger partial charge in [0.2, 0.25) is 5.91 Å². The van der Waals surface area contributed by atoms with Crippen molar-refractivity contribution in [3.05, 3.63) is 71.8 Å². The van der Waals surface area contributed by atoms with E-state index in [9.17, 15) is 9.59 Å². The molecule has 3 aromatic rings. The smallest absolute Gasteiger partial charge is 0.269 e. The maximum absolute atomic E-state index is 11.9. The number of hydrazine groups is 1. The van der Waals surface area contributed by atoms with Gasteiger partial charge >= 0.3 is 0 Å². The minimum Gasteiger partial charge on any atom is -0.272 e. The fourth-order valence-electron chi connectivity index (χ4n) is 2.36. The van der Waals surface area contributed by atoms with E-state index >= 15 is 0 Å². The molecule has 25 heavy (non-hydrogen) atoms. The summed E-state index contributed by atoms with van der Waals surface area (Å²) in [5, 5.41) is 1.88. The van der Waals surface area contributed by atoms with Gasteiger partial charge in [-0.2, -0.15) is 0 Å².